The maximum Gasteiger partial charge on any atom is 0.233 e. The van der Waals surface area contributed by atoms with E-state index in [9.17, 15) is 0 Å². The van der Waals surface area contributed by atoms with Crippen LogP contribution in [0.15, 0.2) is 39.9 Å². The second-order valence-electron chi connectivity index (χ2n) is 6.36. The van der Waals surface area contributed by atoms with Crippen LogP contribution in [0.25, 0.3) is 0 Å². The lowest BCUT2D eigenvalue weighted by atomic mass is 10.1. The van der Waals surface area contributed by atoms with E-state index >= 15 is 0 Å². The molecule has 0 saturated carbocycles. The Bertz CT molecular complexity index is 928. The number of benzene rings is 2. The Kier molecular flexibility index (Phi) is 4.14. The van der Waals surface area contributed by atoms with E-state index in [4.69, 9.17) is 39.5 Å². The van der Waals surface area contributed by atoms with Gasteiger partial charge in [-0.2, -0.15) is 5.10 Å². The number of fused-ring (bicyclic) bond motifs is 5. The molecule has 1 unspecified atom stereocenters. The Balaban J connectivity index is 1.52. The molecule has 0 bridgehead atoms. The molecule has 2 heterocycles. The highest BCUT2D eigenvalue weighted by molar-refractivity contribution is 9.10. The molecule has 0 aromatic heterocycles. The molecule has 1 aliphatic carbocycles. The summed E-state index contributed by atoms with van der Waals surface area (Å²) >= 11 is 22.3. The topological polar surface area (TPSA) is 28.1 Å². The van der Waals surface area contributed by atoms with Gasteiger partial charge in [0.05, 0.1) is 27.9 Å². The van der Waals surface area contributed by atoms with E-state index < -0.39 is 0 Å². The molecule has 26 heavy (non-hydrogen) atoms. The Labute approximate surface area is 174 Å². The van der Waals surface area contributed by atoms with Crippen LogP contribution in [0.3, 0.4) is 0 Å². The van der Waals surface area contributed by atoms with Gasteiger partial charge in [-0.05, 0) is 35.4 Å². The van der Waals surface area contributed by atoms with E-state index in [1.54, 1.807) is 17.1 Å². The van der Waals surface area contributed by atoms with Gasteiger partial charge in [-0.3, -0.25) is 0 Å². The number of rotatable bonds is 1. The van der Waals surface area contributed by atoms with Crippen LogP contribution in [0.4, 0.5) is 5.69 Å². The summed E-state index contributed by atoms with van der Waals surface area (Å²) in [4.78, 5) is 2.04. The minimum absolute atomic E-state index is 0.0323. The van der Waals surface area contributed by atoms with E-state index in [-0.39, 0.29) is 12.1 Å². The van der Waals surface area contributed by atoms with Crippen LogP contribution >= 0.6 is 50.7 Å². The minimum Gasteiger partial charge on any atom is -0.367 e. The molecule has 1 saturated heterocycles. The summed E-state index contributed by atoms with van der Waals surface area (Å²) in [6, 6.07) is 9.65. The standard InChI is InChI=1S/C18H11BrCl3N3O/c19-10-2-1-9-3-15-17(12(9)4-10)24-8-25(23-16(24)7-26-15)18-13(21)5-11(20)6-14(18)22/h1-2,4-6,15,17H,3,7H2/t15-,17?/m0/s1. The second-order valence-corrected chi connectivity index (χ2v) is 8.52. The first-order chi connectivity index (χ1) is 12.5. The van der Waals surface area contributed by atoms with Gasteiger partial charge in [0.25, 0.3) is 0 Å². The van der Waals surface area contributed by atoms with Crippen molar-refractivity contribution < 1.29 is 4.74 Å². The van der Waals surface area contributed by atoms with Crippen LogP contribution in [0.2, 0.25) is 15.1 Å². The number of hydrazone groups is 1. The lowest BCUT2D eigenvalue weighted by Crippen LogP contribution is -2.44. The van der Waals surface area contributed by atoms with Crippen molar-refractivity contribution in [1.82, 2.24) is 4.90 Å². The fraction of sp³-hybridized carbons (Fsp3) is 0.222. The van der Waals surface area contributed by atoms with Gasteiger partial charge >= 0.3 is 0 Å². The van der Waals surface area contributed by atoms with Crippen molar-refractivity contribution in [2.45, 2.75) is 18.6 Å². The fourth-order valence-electron chi connectivity index (χ4n) is 3.70. The largest absolute Gasteiger partial charge is 0.367 e. The maximum atomic E-state index is 6.35. The zero-order chi connectivity index (χ0) is 18.0. The summed E-state index contributed by atoms with van der Waals surface area (Å²) in [7, 11) is 0. The number of hydrogen-bond acceptors (Lipinski definition) is 4. The third-order valence-electron chi connectivity index (χ3n) is 4.79. The lowest BCUT2D eigenvalue weighted by molar-refractivity contribution is 0.0119. The molecule has 0 amide bonds. The molecule has 1 fully saturated rings. The van der Waals surface area contributed by atoms with Gasteiger partial charge in [-0.1, -0.05) is 56.8 Å². The fourth-order valence-corrected chi connectivity index (χ4v) is 5.05. The Hall–Kier alpha value is -0.980. The molecule has 0 N–H and O–H groups in total. The number of halogens is 4. The minimum atomic E-state index is 0.0323. The molecule has 132 valence electrons. The van der Waals surface area contributed by atoms with Crippen molar-refractivity contribution in [2.75, 3.05) is 11.6 Å². The van der Waals surface area contributed by atoms with E-state index in [0.717, 1.165) is 16.7 Å². The van der Waals surface area contributed by atoms with Crippen LogP contribution in [-0.4, -0.2) is 23.4 Å². The van der Waals surface area contributed by atoms with E-state index in [0.29, 0.717) is 27.4 Å². The maximum absolute atomic E-state index is 6.35. The highest BCUT2D eigenvalue weighted by Crippen LogP contribution is 2.46. The van der Waals surface area contributed by atoms with Gasteiger partial charge in [0.1, 0.15) is 6.61 Å². The van der Waals surface area contributed by atoms with Crippen LogP contribution in [0.1, 0.15) is 17.2 Å². The first-order valence-corrected chi connectivity index (χ1v) is 9.91. The number of hydrogen-bond donors (Lipinski definition) is 0. The Morgan fingerprint density at radius 1 is 1.15 bits per heavy atom. The third kappa shape index (κ3) is 2.64. The number of nitrogens with zero attached hydrogens (tertiary/aromatic N) is 3. The second kappa shape index (κ2) is 6.28. The normalized spacial score (nSPS) is 23.6. The highest BCUT2D eigenvalue weighted by Gasteiger charge is 2.46. The predicted octanol–water partition coefficient (Wildman–Crippen LogP) is 5.54. The van der Waals surface area contributed by atoms with Crippen molar-refractivity contribution in [2.24, 2.45) is 5.10 Å². The summed E-state index contributed by atoms with van der Waals surface area (Å²) in [5.74, 6) is 0.779. The molecule has 2 atom stereocenters. The predicted molar refractivity (Wildman–Crippen MR) is 107 cm³/mol. The van der Waals surface area contributed by atoms with Crippen LogP contribution in [0, 0.1) is 6.67 Å². The van der Waals surface area contributed by atoms with Gasteiger partial charge in [0.2, 0.25) is 6.67 Å². The van der Waals surface area contributed by atoms with Gasteiger partial charge in [0.15, 0.2) is 5.84 Å². The molecule has 0 spiro atoms. The van der Waals surface area contributed by atoms with Gasteiger partial charge in [0, 0.05) is 15.9 Å². The molecule has 8 heteroatoms. The van der Waals surface area contributed by atoms with Crippen molar-refractivity contribution in [1.29, 1.82) is 0 Å². The first kappa shape index (κ1) is 17.1. The number of morpholine rings is 1. The summed E-state index contributed by atoms with van der Waals surface area (Å²) < 4.78 is 7.10. The average molecular weight is 472 g/mol. The number of amidine groups is 1. The highest BCUT2D eigenvalue weighted by atomic mass is 79.9. The molecular formula is C18H11BrCl3N3O. The Morgan fingerprint density at radius 3 is 2.69 bits per heavy atom. The average Bonchev–Trinajstić information content (AvgIpc) is 3.14. The quantitative estimate of drug-likeness (QED) is 0.547. The van der Waals surface area contributed by atoms with E-state index in [1.807, 2.05) is 4.90 Å². The van der Waals surface area contributed by atoms with E-state index in [1.165, 1.54) is 11.1 Å². The summed E-state index contributed by atoms with van der Waals surface area (Å²) in [6.07, 6.45) is 0.947. The molecule has 3 aliphatic rings. The Morgan fingerprint density at radius 2 is 1.92 bits per heavy atom. The molecule has 2 aromatic rings. The smallest absolute Gasteiger partial charge is 0.233 e. The van der Waals surface area contributed by atoms with Gasteiger partial charge < -0.3 is 9.64 Å². The molecular weight excluding hydrogens is 460 g/mol. The van der Waals surface area contributed by atoms with Crippen LogP contribution < -0.4 is 5.01 Å². The van der Waals surface area contributed by atoms with Crippen LogP contribution in [0.5, 0.6) is 0 Å². The lowest BCUT2D eigenvalue weighted by Gasteiger charge is -2.35. The van der Waals surface area contributed by atoms with Gasteiger partial charge in [-0.25, -0.2) is 5.01 Å². The first-order valence-electron chi connectivity index (χ1n) is 7.99. The SMILES string of the molecule is Clc1cc(Cl)c(N2[C]N3C(=N2)CO[C@H]2Cc4ccc(Br)cc4C23)c(Cl)c1. The zero-order valence-corrected chi connectivity index (χ0v) is 17.1. The molecule has 2 aliphatic heterocycles. The zero-order valence-electron chi connectivity index (χ0n) is 13.2. The monoisotopic (exact) mass is 469 g/mol. The molecule has 2 aromatic carbocycles. The van der Waals surface area contributed by atoms with Crippen molar-refractivity contribution in [3.8, 4) is 0 Å². The summed E-state index contributed by atoms with van der Waals surface area (Å²) in [6.45, 7) is 3.72. The summed E-state index contributed by atoms with van der Waals surface area (Å²) in [5, 5.41) is 7.51. The van der Waals surface area contributed by atoms with Crippen LogP contribution in [-0.2, 0) is 11.2 Å². The molecule has 5 rings (SSSR count). The summed E-state index contributed by atoms with van der Waals surface area (Å²) in [5.41, 5.74) is 3.07. The van der Waals surface area contributed by atoms with Crippen molar-refractivity contribution in [3.63, 3.8) is 0 Å². The van der Waals surface area contributed by atoms with Gasteiger partial charge in [-0.15, -0.1) is 0 Å². The van der Waals surface area contributed by atoms with Crippen molar-refractivity contribution >= 4 is 62.3 Å². The molecule has 2 radical (unpaired) electrons. The van der Waals surface area contributed by atoms with Crippen molar-refractivity contribution in [3.05, 3.63) is 67.7 Å². The number of anilines is 1. The molecule has 4 nitrogen and oxygen atoms in total. The van der Waals surface area contributed by atoms with E-state index in [2.05, 4.69) is 45.9 Å². The number of ether oxygens (including phenoxy) is 1. The third-order valence-corrected chi connectivity index (χ3v) is 6.08.